The Kier molecular flexibility index (Phi) is 2.69. The molecule has 0 unspecified atom stereocenters. The molecule has 0 spiro atoms. The van der Waals surface area contributed by atoms with Crippen molar-refractivity contribution in [3.05, 3.63) is 34.5 Å². The summed E-state index contributed by atoms with van der Waals surface area (Å²) in [4.78, 5) is 10.9. The maximum Gasteiger partial charge on any atom is 0.307 e. The van der Waals surface area contributed by atoms with E-state index in [0.29, 0.717) is 0 Å². The minimum atomic E-state index is -0.779. The van der Waals surface area contributed by atoms with Crippen molar-refractivity contribution < 1.29 is 9.90 Å². The molecule has 2 rings (SSSR count). The van der Waals surface area contributed by atoms with E-state index in [2.05, 4.69) is 24.5 Å². The van der Waals surface area contributed by atoms with Crippen molar-refractivity contribution in [1.29, 1.82) is 0 Å². The standard InChI is InChI=1S/C14H17NO2/c1-8-5-6-11-12(7-13(16)17)10(3)15(4)14(11)9(8)2/h5-6H,7H2,1-4H3,(H,16,17). The second-order valence-corrected chi connectivity index (χ2v) is 4.60. The van der Waals surface area contributed by atoms with Crippen molar-refractivity contribution in [2.24, 2.45) is 7.05 Å². The molecule has 1 aromatic heterocycles. The lowest BCUT2D eigenvalue weighted by Crippen LogP contribution is -2.01. The van der Waals surface area contributed by atoms with Crippen LogP contribution in [0.1, 0.15) is 22.4 Å². The van der Waals surface area contributed by atoms with Gasteiger partial charge >= 0.3 is 5.97 Å². The van der Waals surface area contributed by atoms with E-state index in [9.17, 15) is 4.79 Å². The van der Waals surface area contributed by atoms with Crippen LogP contribution >= 0.6 is 0 Å². The fraction of sp³-hybridized carbons (Fsp3) is 0.357. The van der Waals surface area contributed by atoms with Crippen LogP contribution in [-0.4, -0.2) is 15.6 Å². The highest BCUT2D eigenvalue weighted by Crippen LogP contribution is 2.29. The van der Waals surface area contributed by atoms with Gasteiger partial charge in [-0.05, 0) is 37.5 Å². The molecule has 0 atom stereocenters. The second-order valence-electron chi connectivity index (χ2n) is 4.60. The minimum Gasteiger partial charge on any atom is -0.481 e. The van der Waals surface area contributed by atoms with Gasteiger partial charge in [0.05, 0.1) is 11.9 Å². The van der Waals surface area contributed by atoms with Crippen LogP contribution in [0.25, 0.3) is 10.9 Å². The predicted molar refractivity (Wildman–Crippen MR) is 68.5 cm³/mol. The first-order valence-electron chi connectivity index (χ1n) is 5.69. The van der Waals surface area contributed by atoms with Crippen molar-refractivity contribution in [1.82, 2.24) is 4.57 Å². The molecule has 0 radical (unpaired) electrons. The van der Waals surface area contributed by atoms with Gasteiger partial charge in [0.25, 0.3) is 0 Å². The zero-order chi connectivity index (χ0) is 12.7. The molecule has 0 amide bonds. The summed E-state index contributed by atoms with van der Waals surface area (Å²) in [7, 11) is 2.00. The number of carbonyl (C=O) groups is 1. The maximum atomic E-state index is 10.9. The first-order chi connectivity index (χ1) is 7.93. The van der Waals surface area contributed by atoms with Crippen LogP contribution < -0.4 is 0 Å². The number of carboxylic acids is 1. The molecule has 3 nitrogen and oxygen atoms in total. The Bertz CT molecular complexity index is 608. The Morgan fingerprint density at radius 3 is 2.53 bits per heavy atom. The second kappa shape index (κ2) is 3.91. The summed E-state index contributed by atoms with van der Waals surface area (Å²) < 4.78 is 2.09. The number of carboxylic acid groups (broad SMARTS) is 1. The molecule has 1 aromatic carbocycles. The predicted octanol–water partition coefficient (Wildman–Crippen LogP) is 2.73. The van der Waals surface area contributed by atoms with Crippen molar-refractivity contribution in [3.63, 3.8) is 0 Å². The monoisotopic (exact) mass is 231 g/mol. The van der Waals surface area contributed by atoms with E-state index in [1.165, 1.54) is 11.1 Å². The Morgan fingerprint density at radius 2 is 1.94 bits per heavy atom. The number of nitrogens with zero attached hydrogens (tertiary/aromatic N) is 1. The van der Waals surface area contributed by atoms with Gasteiger partial charge in [0.1, 0.15) is 0 Å². The Balaban J connectivity index is 2.82. The summed E-state index contributed by atoms with van der Waals surface area (Å²) in [6.07, 6.45) is 0.0890. The lowest BCUT2D eigenvalue weighted by Gasteiger charge is -2.05. The third kappa shape index (κ3) is 1.71. The number of fused-ring (bicyclic) bond motifs is 1. The summed E-state index contributed by atoms with van der Waals surface area (Å²) in [5, 5.41) is 10.0. The summed E-state index contributed by atoms with van der Waals surface area (Å²) >= 11 is 0. The first-order valence-corrected chi connectivity index (χ1v) is 5.69. The first kappa shape index (κ1) is 11.7. The van der Waals surface area contributed by atoms with E-state index >= 15 is 0 Å². The fourth-order valence-electron chi connectivity index (χ4n) is 2.42. The number of benzene rings is 1. The normalized spacial score (nSPS) is 11.1. The molecule has 3 heteroatoms. The van der Waals surface area contributed by atoms with E-state index in [1.54, 1.807) is 0 Å². The molecule has 0 saturated heterocycles. The summed E-state index contributed by atoms with van der Waals surface area (Å²) in [5.41, 5.74) is 5.58. The molecule has 2 aromatic rings. The highest BCUT2D eigenvalue weighted by Gasteiger charge is 2.16. The van der Waals surface area contributed by atoms with E-state index in [0.717, 1.165) is 22.2 Å². The minimum absolute atomic E-state index is 0.0890. The smallest absolute Gasteiger partial charge is 0.307 e. The van der Waals surface area contributed by atoms with Gasteiger partial charge in [-0.25, -0.2) is 0 Å². The number of aliphatic carboxylic acids is 1. The summed E-state index contributed by atoms with van der Waals surface area (Å²) in [5.74, 6) is -0.779. The molecule has 0 fully saturated rings. The van der Waals surface area contributed by atoms with Gasteiger partial charge in [-0.15, -0.1) is 0 Å². The van der Waals surface area contributed by atoms with Crippen LogP contribution in [0.3, 0.4) is 0 Å². The molecule has 0 aliphatic carbocycles. The maximum absolute atomic E-state index is 10.9. The summed E-state index contributed by atoms with van der Waals surface area (Å²) in [6, 6.07) is 4.09. The SMILES string of the molecule is Cc1ccc2c(CC(=O)O)c(C)n(C)c2c1C. The van der Waals surface area contributed by atoms with Crippen LogP contribution in [0.4, 0.5) is 0 Å². The van der Waals surface area contributed by atoms with Gasteiger partial charge in [-0.2, -0.15) is 0 Å². The van der Waals surface area contributed by atoms with E-state index in [1.807, 2.05) is 20.0 Å². The number of aryl methyl sites for hydroxylation is 3. The van der Waals surface area contributed by atoms with Crippen LogP contribution in [0, 0.1) is 20.8 Å². The molecular formula is C14H17NO2. The summed E-state index contributed by atoms with van der Waals surface area (Å²) in [6.45, 7) is 6.14. The van der Waals surface area contributed by atoms with Crippen LogP contribution in [0.5, 0.6) is 0 Å². The average molecular weight is 231 g/mol. The van der Waals surface area contributed by atoms with Gasteiger partial charge in [0.2, 0.25) is 0 Å². The van der Waals surface area contributed by atoms with Crippen molar-refractivity contribution in [2.45, 2.75) is 27.2 Å². The van der Waals surface area contributed by atoms with E-state index in [4.69, 9.17) is 5.11 Å². The van der Waals surface area contributed by atoms with Gasteiger partial charge in [-0.1, -0.05) is 12.1 Å². The van der Waals surface area contributed by atoms with Crippen molar-refractivity contribution in [3.8, 4) is 0 Å². The Labute approximate surface area is 101 Å². The van der Waals surface area contributed by atoms with Crippen LogP contribution in [0.2, 0.25) is 0 Å². The quantitative estimate of drug-likeness (QED) is 0.863. The van der Waals surface area contributed by atoms with Gasteiger partial charge in [0, 0.05) is 18.1 Å². The molecular weight excluding hydrogens is 214 g/mol. The molecule has 17 heavy (non-hydrogen) atoms. The molecule has 0 bridgehead atoms. The number of aromatic nitrogens is 1. The lowest BCUT2D eigenvalue weighted by molar-refractivity contribution is -0.136. The Morgan fingerprint density at radius 1 is 1.29 bits per heavy atom. The van der Waals surface area contributed by atoms with Crippen LogP contribution in [0.15, 0.2) is 12.1 Å². The molecule has 0 aliphatic rings. The molecule has 0 saturated carbocycles. The average Bonchev–Trinajstić information content (AvgIpc) is 2.49. The van der Waals surface area contributed by atoms with Gasteiger partial charge in [-0.3, -0.25) is 4.79 Å². The number of rotatable bonds is 2. The van der Waals surface area contributed by atoms with Crippen molar-refractivity contribution in [2.75, 3.05) is 0 Å². The zero-order valence-corrected chi connectivity index (χ0v) is 10.7. The largest absolute Gasteiger partial charge is 0.481 e. The molecule has 1 N–H and O–H groups in total. The van der Waals surface area contributed by atoms with Gasteiger partial charge < -0.3 is 9.67 Å². The number of hydrogen-bond donors (Lipinski definition) is 1. The van der Waals surface area contributed by atoms with E-state index in [-0.39, 0.29) is 6.42 Å². The third-order valence-corrected chi connectivity index (χ3v) is 3.63. The Hall–Kier alpha value is -1.77. The highest BCUT2D eigenvalue weighted by atomic mass is 16.4. The number of hydrogen-bond acceptors (Lipinski definition) is 1. The topological polar surface area (TPSA) is 42.2 Å². The van der Waals surface area contributed by atoms with Crippen LogP contribution in [-0.2, 0) is 18.3 Å². The van der Waals surface area contributed by atoms with Gasteiger partial charge in [0.15, 0.2) is 0 Å². The zero-order valence-electron chi connectivity index (χ0n) is 10.7. The fourth-order valence-corrected chi connectivity index (χ4v) is 2.42. The lowest BCUT2D eigenvalue weighted by atomic mass is 10.0. The van der Waals surface area contributed by atoms with Crippen molar-refractivity contribution >= 4 is 16.9 Å². The molecule has 0 aliphatic heterocycles. The third-order valence-electron chi connectivity index (χ3n) is 3.63. The van der Waals surface area contributed by atoms with E-state index < -0.39 is 5.97 Å². The molecule has 1 heterocycles. The highest BCUT2D eigenvalue weighted by molar-refractivity contribution is 5.91. The molecule has 90 valence electrons.